The molecule has 0 bridgehead atoms. The Kier molecular flexibility index (Phi) is 5.92. The van der Waals surface area contributed by atoms with E-state index in [0.717, 1.165) is 25.7 Å². The Morgan fingerprint density at radius 2 is 2.09 bits per heavy atom. The summed E-state index contributed by atoms with van der Waals surface area (Å²) in [6, 6.07) is 5.50. The zero-order chi connectivity index (χ0) is 16.7. The van der Waals surface area contributed by atoms with Crippen LogP contribution in [0.4, 0.5) is 0 Å². The van der Waals surface area contributed by atoms with Gasteiger partial charge in [-0.05, 0) is 31.7 Å². The monoisotopic (exact) mass is 316 g/mol. The largest absolute Gasteiger partial charge is 0.474 e. The van der Waals surface area contributed by atoms with Crippen LogP contribution >= 0.6 is 0 Å². The minimum absolute atomic E-state index is 0.0148. The summed E-state index contributed by atoms with van der Waals surface area (Å²) in [5.41, 5.74) is 0.503. The minimum Gasteiger partial charge on any atom is -0.474 e. The summed E-state index contributed by atoms with van der Waals surface area (Å²) in [6.45, 7) is 1.40. The van der Waals surface area contributed by atoms with Gasteiger partial charge in [0.15, 0.2) is 0 Å². The fraction of sp³-hybridized carbons (Fsp3) is 0.500. The molecule has 1 aliphatic carbocycles. The van der Waals surface area contributed by atoms with Gasteiger partial charge in [0.05, 0.1) is 12.1 Å². The Labute approximate surface area is 135 Å². The van der Waals surface area contributed by atoms with Gasteiger partial charge in [0.25, 0.3) is 0 Å². The lowest BCUT2D eigenvalue weighted by atomic mass is 9.93. The number of nitrogens with zero attached hydrogens (tertiary/aromatic N) is 2. The number of hydrogen-bond acceptors (Lipinski definition) is 5. The van der Waals surface area contributed by atoms with Crippen molar-refractivity contribution in [1.29, 1.82) is 5.26 Å². The number of carbonyl (C=O) groups is 2. The van der Waals surface area contributed by atoms with E-state index in [0.29, 0.717) is 11.4 Å². The van der Waals surface area contributed by atoms with Gasteiger partial charge in [-0.1, -0.05) is 0 Å². The maximum Gasteiger partial charge on any atom is 0.239 e. The first-order chi connectivity index (χ1) is 11.1. The highest BCUT2D eigenvalue weighted by molar-refractivity contribution is 5.83. The third kappa shape index (κ3) is 5.58. The van der Waals surface area contributed by atoms with Crippen LogP contribution < -0.4 is 15.4 Å². The molecule has 0 saturated heterocycles. The van der Waals surface area contributed by atoms with Crippen molar-refractivity contribution in [2.45, 2.75) is 44.8 Å². The third-order valence-electron chi connectivity index (χ3n) is 3.69. The van der Waals surface area contributed by atoms with Gasteiger partial charge in [0.1, 0.15) is 12.2 Å². The normalized spacial score (nSPS) is 20.2. The Hall–Kier alpha value is -2.62. The second-order valence-electron chi connectivity index (χ2n) is 5.57. The summed E-state index contributed by atoms with van der Waals surface area (Å²) in [5, 5.41) is 14.1. The van der Waals surface area contributed by atoms with E-state index in [2.05, 4.69) is 15.6 Å². The van der Waals surface area contributed by atoms with Crippen molar-refractivity contribution in [3.8, 4) is 11.9 Å². The lowest BCUT2D eigenvalue weighted by Crippen LogP contribution is -2.44. The van der Waals surface area contributed by atoms with Gasteiger partial charge in [-0.25, -0.2) is 4.98 Å². The fourth-order valence-corrected chi connectivity index (χ4v) is 2.50. The van der Waals surface area contributed by atoms with E-state index < -0.39 is 0 Å². The van der Waals surface area contributed by atoms with Gasteiger partial charge in [-0.2, -0.15) is 5.26 Å². The molecule has 1 heterocycles. The molecule has 7 nitrogen and oxygen atoms in total. The highest BCUT2D eigenvalue weighted by atomic mass is 16.5. The van der Waals surface area contributed by atoms with Gasteiger partial charge in [0.2, 0.25) is 17.7 Å². The van der Waals surface area contributed by atoms with Gasteiger partial charge in [-0.15, -0.1) is 0 Å². The Morgan fingerprint density at radius 1 is 1.35 bits per heavy atom. The first kappa shape index (κ1) is 16.7. The summed E-state index contributed by atoms with van der Waals surface area (Å²) in [6.07, 6.45) is 4.86. The molecule has 2 rings (SSSR count). The molecule has 7 heteroatoms. The standard InChI is InChI=1S/C16H20N4O3/c1-11(21)18-10-15(22)20-13-3-5-14(6-4-13)23-16-7-2-12(8-17)9-19-16/h2,7,9,13-14H,3-6,10H2,1H3,(H,18,21)(H,20,22). The molecule has 1 aromatic rings. The maximum atomic E-state index is 11.7. The van der Waals surface area contributed by atoms with Crippen molar-refractivity contribution < 1.29 is 14.3 Å². The highest BCUT2D eigenvalue weighted by Gasteiger charge is 2.23. The molecule has 0 aliphatic heterocycles. The van der Waals surface area contributed by atoms with Gasteiger partial charge in [0, 0.05) is 25.2 Å². The van der Waals surface area contributed by atoms with E-state index in [4.69, 9.17) is 10.00 Å². The molecule has 0 spiro atoms. The van der Waals surface area contributed by atoms with E-state index in [1.165, 1.54) is 13.1 Å². The van der Waals surface area contributed by atoms with Crippen molar-refractivity contribution >= 4 is 11.8 Å². The number of amides is 2. The van der Waals surface area contributed by atoms with Crippen LogP contribution in [0.3, 0.4) is 0 Å². The lowest BCUT2D eigenvalue weighted by Gasteiger charge is -2.29. The molecule has 1 aromatic heterocycles. The highest BCUT2D eigenvalue weighted by Crippen LogP contribution is 2.22. The molecule has 0 atom stereocenters. The second kappa shape index (κ2) is 8.13. The molecule has 2 N–H and O–H groups in total. The van der Waals surface area contributed by atoms with Crippen molar-refractivity contribution in [2.75, 3.05) is 6.54 Å². The number of nitrogens with one attached hydrogen (secondary N) is 2. The number of rotatable bonds is 5. The SMILES string of the molecule is CC(=O)NCC(=O)NC1CCC(Oc2ccc(C#N)cn2)CC1. The van der Waals surface area contributed by atoms with E-state index >= 15 is 0 Å². The molecule has 2 amide bonds. The predicted octanol–water partition coefficient (Wildman–Crippen LogP) is 0.896. The quantitative estimate of drug-likeness (QED) is 0.839. The van der Waals surface area contributed by atoms with Crippen LogP contribution in [0.1, 0.15) is 38.2 Å². The van der Waals surface area contributed by atoms with E-state index in [-0.39, 0.29) is 30.5 Å². The fourth-order valence-electron chi connectivity index (χ4n) is 2.50. The van der Waals surface area contributed by atoms with Crippen molar-refractivity contribution in [3.63, 3.8) is 0 Å². The Bertz CT molecular complexity index is 586. The average Bonchev–Trinajstić information content (AvgIpc) is 2.55. The zero-order valence-corrected chi connectivity index (χ0v) is 13.0. The molecular formula is C16H20N4O3. The van der Waals surface area contributed by atoms with Crippen molar-refractivity contribution in [2.24, 2.45) is 0 Å². The number of pyridine rings is 1. The molecule has 1 fully saturated rings. The summed E-state index contributed by atoms with van der Waals surface area (Å²) in [4.78, 5) is 26.5. The van der Waals surface area contributed by atoms with E-state index in [1.807, 2.05) is 6.07 Å². The summed E-state index contributed by atoms with van der Waals surface area (Å²) < 4.78 is 5.80. The van der Waals surface area contributed by atoms with Crippen LogP contribution in [0.5, 0.6) is 5.88 Å². The molecule has 0 aromatic carbocycles. The minimum atomic E-state index is -0.216. The average molecular weight is 316 g/mol. The molecule has 122 valence electrons. The predicted molar refractivity (Wildman–Crippen MR) is 82.5 cm³/mol. The summed E-state index contributed by atoms with van der Waals surface area (Å²) in [5.74, 6) is 0.132. The molecule has 1 saturated carbocycles. The first-order valence-electron chi connectivity index (χ1n) is 7.63. The first-order valence-corrected chi connectivity index (χ1v) is 7.63. The van der Waals surface area contributed by atoms with Gasteiger partial charge < -0.3 is 15.4 Å². The molecule has 0 unspecified atom stereocenters. The number of aromatic nitrogens is 1. The lowest BCUT2D eigenvalue weighted by molar-refractivity contribution is -0.125. The van der Waals surface area contributed by atoms with Gasteiger partial charge in [-0.3, -0.25) is 9.59 Å². The Balaban J connectivity index is 1.72. The van der Waals surface area contributed by atoms with Gasteiger partial charge >= 0.3 is 0 Å². The summed E-state index contributed by atoms with van der Waals surface area (Å²) >= 11 is 0. The number of nitriles is 1. The maximum absolute atomic E-state index is 11.7. The van der Waals surface area contributed by atoms with Crippen LogP contribution in [0, 0.1) is 11.3 Å². The zero-order valence-electron chi connectivity index (χ0n) is 13.0. The molecular weight excluding hydrogens is 296 g/mol. The molecule has 23 heavy (non-hydrogen) atoms. The van der Waals surface area contributed by atoms with Crippen LogP contribution in [0.15, 0.2) is 18.3 Å². The smallest absolute Gasteiger partial charge is 0.239 e. The van der Waals surface area contributed by atoms with Crippen molar-refractivity contribution in [1.82, 2.24) is 15.6 Å². The molecule has 0 radical (unpaired) electrons. The Morgan fingerprint density at radius 3 is 2.65 bits per heavy atom. The van der Waals surface area contributed by atoms with Crippen LogP contribution in [-0.4, -0.2) is 35.5 Å². The van der Waals surface area contributed by atoms with E-state index in [9.17, 15) is 9.59 Å². The second-order valence-corrected chi connectivity index (χ2v) is 5.57. The number of ether oxygens (including phenoxy) is 1. The molecule has 1 aliphatic rings. The van der Waals surface area contributed by atoms with Crippen LogP contribution in [0.25, 0.3) is 0 Å². The van der Waals surface area contributed by atoms with Crippen LogP contribution in [0.2, 0.25) is 0 Å². The number of carbonyl (C=O) groups excluding carboxylic acids is 2. The van der Waals surface area contributed by atoms with Crippen LogP contribution in [-0.2, 0) is 9.59 Å². The third-order valence-corrected chi connectivity index (χ3v) is 3.69. The van der Waals surface area contributed by atoms with E-state index in [1.54, 1.807) is 12.1 Å². The topological polar surface area (TPSA) is 104 Å². The summed E-state index contributed by atoms with van der Waals surface area (Å²) in [7, 11) is 0. The van der Waals surface area contributed by atoms with Crippen molar-refractivity contribution in [3.05, 3.63) is 23.9 Å². The number of hydrogen-bond donors (Lipinski definition) is 2.